The average Bonchev–Trinajstić information content (AvgIpc) is 2.32. The molecule has 2 heteroatoms. The molecular weight excluding hydrogens is 196 g/mol. The molecule has 16 heavy (non-hydrogen) atoms. The normalized spacial score (nSPS) is 11.0. The van der Waals surface area contributed by atoms with Gasteiger partial charge in [0, 0.05) is 12.4 Å². The molecule has 2 nitrogen and oxygen atoms in total. The van der Waals surface area contributed by atoms with Gasteiger partial charge in [-0.25, -0.2) is 0 Å². The number of benzene rings is 1. The summed E-state index contributed by atoms with van der Waals surface area (Å²) in [6, 6.07) is 8.06. The van der Waals surface area contributed by atoms with E-state index in [1.54, 1.807) is 12.2 Å². The molecule has 0 atom stereocenters. The largest absolute Gasteiger partial charge is 0.288 e. The van der Waals surface area contributed by atoms with Gasteiger partial charge in [0.05, 0.1) is 13.1 Å². The van der Waals surface area contributed by atoms with Crippen LogP contribution in [-0.2, 0) is 0 Å². The van der Waals surface area contributed by atoms with Crippen LogP contribution in [-0.4, -0.2) is 25.5 Å². The predicted molar refractivity (Wildman–Crippen MR) is 71.8 cm³/mol. The number of hydrogen-bond acceptors (Lipinski definition) is 2. The molecular formula is C14H16N2. The molecule has 1 rings (SSSR count). The van der Waals surface area contributed by atoms with Crippen molar-refractivity contribution in [1.29, 1.82) is 0 Å². The van der Waals surface area contributed by atoms with Crippen molar-refractivity contribution in [1.82, 2.24) is 0 Å². The first kappa shape index (κ1) is 12.1. The number of hydrogen-bond donors (Lipinski definition) is 0. The van der Waals surface area contributed by atoms with Gasteiger partial charge in [0.25, 0.3) is 0 Å². The SMILES string of the molecule is C=CCN=Cc1ccc(C=NCC=C)cc1. The minimum atomic E-state index is 0.655. The Hall–Kier alpha value is -1.96. The summed E-state index contributed by atoms with van der Waals surface area (Å²) >= 11 is 0. The van der Waals surface area contributed by atoms with Crippen molar-refractivity contribution in [3.05, 3.63) is 60.7 Å². The van der Waals surface area contributed by atoms with Crippen molar-refractivity contribution < 1.29 is 0 Å². The zero-order valence-electron chi connectivity index (χ0n) is 9.34. The molecule has 0 N–H and O–H groups in total. The average molecular weight is 212 g/mol. The lowest BCUT2D eigenvalue weighted by Crippen LogP contribution is -1.86. The van der Waals surface area contributed by atoms with Crippen molar-refractivity contribution in [2.45, 2.75) is 0 Å². The van der Waals surface area contributed by atoms with Crippen LogP contribution in [0.25, 0.3) is 0 Å². The van der Waals surface area contributed by atoms with Gasteiger partial charge in [-0.1, -0.05) is 36.4 Å². The van der Waals surface area contributed by atoms with Crippen LogP contribution in [0.3, 0.4) is 0 Å². The summed E-state index contributed by atoms with van der Waals surface area (Å²) in [6.07, 6.45) is 7.22. The predicted octanol–water partition coefficient (Wildman–Crippen LogP) is 2.90. The molecule has 0 saturated heterocycles. The maximum atomic E-state index is 4.18. The van der Waals surface area contributed by atoms with Gasteiger partial charge in [-0.05, 0) is 11.1 Å². The Morgan fingerprint density at radius 2 is 1.19 bits per heavy atom. The molecule has 0 fully saturated rings. The third-order valence-electron chi connectivity index (χ3n) is 1.89. The zero-order chi connectivity index (χ0) is 11.6. The van der Waals surface area contributed by atoms with Crippen LogP contribution >= 0.6 is 0 Å². The van der Waals surface area contributed by atoms with Crippen molar-refractivity contribution in [2.75, 3.05) is 13.1 Å². The highest BCUT2D eigenvalue weighted by Crippen LogP contribution is 2.00. The fraction of sp³-hybridized carbons (Fsp3) is 0.143. The molecule has 0 radical (unpaired) electrons. The van der Waals surface area contributed by atoms with E-state index in [4.69, 9.17) is 0 Å². The van der Waals surface area contributed by atoms with E-state index in [2.05, 4.69) is 23.1 Å². The van der Waals surface area contributed by atoms with Crippen LogP contribution in [0, 0.1) is 0 Å². The molecule has 1 aromatic rings. The maximum Gasteiger partial charge on any atom is 0.0567 e. The third-order valence-corrected chi connectivity index (χ3v) is 1.89. The van der Waals surface area contributed by atoms with Crippen LogP contribution in [0.4, 0.5) is 0 Å². The van der Waals surface area contributed by atoms with E-state index in [1.807, 2.05) is 36.7 Å². The second-order valence-corrected chi connectivity index (χ2v) is 3.23. The molecule has 0 heterocycles. The van der Waals surface area contributed by atoms with Crippen LogP contribution in [0.1, 0.15) is 11.1 Å². The van der Waals surface area contributed by atoms with Crippen molar-refractivity contribution >= 4 is 12.4 Å². The lowest BCUT2D eigenvalue weighted by Gasteiger charge is -1.94. The number of aliphatic imine (C=N–C) groups is 2. The minimum Gasteiger partial charge on any atom is -0.288 e. The Morgan fingerprint density at radius 1 is 0.812 bits per heavy atom. The number of rotatable bonds is 6. The zero-order valence-corrected chi connectivity index (χ0v) is 9.34. The van der Waals surface area contributed by atoms with Gasteiger partial charge in [0.2, 0.25) is 0 Å². The summed E-state index contributed by atoms with van der Waals surface area (Å²) in [5.74, 6) is 0. The van der Waals surface area contributed by atoms with E-state index in [-0.39, 0.29) is 0 Å². The van der Waals surface area contributed by atoms with Crippen LogP contribution in [0.15, 0.2) is 59.6 Å². The van der Waals surface area contributed by atoms with Gasteiger partial charge in [0.1, 0.15) is 0 Å². The first-order valence-electron chi connectivity index (χ1n) is 5.18. The molecule has 0 aliphatic carbocycles. The summed E-state index contributed by atoms with van der Waals surface area (Å²) < 4.78 is 0. The Morgan fingerprint density at radius 3 is 1.50 bits per heavy atom. The summed E-state index contributed by atoms with van der Waals surface area (Å²) in [4.78, 5) is 8.35. The van der Waals surface area contributed by atoms with Gasteiger partial charge < -0.3 is 0 Å². The summed E-state index contributed by atoms with van der Waals surface area (Å²) in [5.41, 5.74) is 2.17. The van der Waals surface area contributed by atoms with Gasteiger partial charge in [-0.3, -0.25) is 9.98 Å². The van der Waals surface area contributed by atoms with Gasteiger partial charge in [0.15, 0.2) is 0 Å². The molecule has 0 amide bonds. The monoisotopic (exact) mass is 212 g/mol. The maximum absolute atomic E-state index is 4.18. The standard InChI is InChI=1S/C14H16N2/c1-3-9-15-11-13-5-7-14(8-6-13)12-16-10-4-2/h3-8,11-12H,1-2,9-10H2. The summed E-state index contributed by atoms with van der Waals surface area (Å²) in [5, 5.41) is 0. The second-order valence-electron chi connectivity index (χ2n) is 3.23. The fourth-order valence-corrected chi connectivity index (χ4v) is 1.13. The summed E-state index contributed by atoms with van der Waals surface area (Å²) in [7, 11) is 0. The van der Waals surface area contributed by atoms with E-state index in [9.17, 15) is 0 Å². The Bertz CT molecular complexity index is 347. The third kappa shape index (κ3) is 4.51. The van der Waals surface area contributed by atoms with Crippen molar-refractivity contribution in [3.63, 3.8) is 0 Å². The van der Waals surface area contributed by atoms with Crippen molar-refractivity contribution in [3.8, 4) is 0 Å². The molecule has 82 valence electrons. The Labute approximate surface area is 96.8 Å². The summed E-state index contributed by atoms with van der Waals surface area (Å²) in [6.45, 7) is 8.53. The van der Waals surface area contributed by atoms with E-state index >= 15 is 0 Å². The molecule has 0 saturated carbocycles. The highest BCUT2D eigenvalue weighted by molar-refractivity contribution is 5.84. The van der Waals surface area contributed by atoms with E-state index in [0.717, 1.165) is 11.1 Å². The van der Waals surface area contributed by atoms with Crippen LogP contribution in [0.2, 0.25) is 0 Å². The van der Waals surface area contributed by atoms with Gasteiger partial charge in [-0.2, -0.15) is 0 Å². The highest BCUT2D eigenvalue weighted by atomic mass is 14.7. The highest BCUT2D eigenvalue weighted by Gasteiger charge is 1.88. The van der Waals surface area contributed by atoms with E-state index in [0.29, 0.717) is 13.1 Å². The molecule has 0 bridgehead atoms. The quantitative estimate of drug-likeness (QED) is 0.511. The van der Waals surface area contributed by atoms with Crippen LogP contribution < -0.4 is 0 Å². The van der Waals surface area contributed by atoms with Gasteiger partial charge in [-0.15, -0.1) is 13.2 Å². The molecule has 0 aliphatic rings. The smallest absolute Gasteiger partial charge is 0.0567 e. The Balaban J connectivity index is 2.60. The molecule has 1 aromatic carbocycles. The second kappa shape index (κ2) is 7.35. The first-order valence-corrected chi connectivity index (χ1v) is 5.18. The lowest BCUT2D eigenvalue weighted by molar-refractivity contribution is 1.26. The van der Waals surface area contributed by atoms with Gasteiger partial charge >= 0.3 is 0 Å². The van der Waals surface area contributed by atoms with E-state index in [1.165, 1.54) is 0 Å². The molecule has 0 unspecified atom stereocenters. The minimum absolute atomic E-state index is 0.655. The topological polar surface area (TPSA) is 24.7 Å². The first-order chi connectivity index (χ1) is 7.86. The fourth-order valence-electron chi connectivity index (χ4n) is 1.13. The van der Waals surface area contributed by atoms with Crippen molar-refractivity contribution in [2.24, 2.45) is 9.98 Å². The number of nitrogens with zero attached hydrogens (tertiary/aromatic N) is 2. The molecule has 0 aromatic heterocycles. The lowest BCUT2D eigenvalue weighted by atomic mass is 10.1. The molecule has 0 aliphatic heterocycles. The van der Waals surface area contributed by atoms with E-state index < -0.39 is 0 Å². The van der Waals surface area contributed by atoms with Crippen LogP contribution in [0.5, 0.6) is 0 Å². The molecule has 0 spiro atoms. The Kier molecular flexibility index (Phi) is 5.56.